The smallest absolute Gasteiger partial charge is 0.339 e. The van der Waals surface area contributed by atoms with Crippen molar-refractivity contribution in [1.29, 1.82) is 0 Å². The van der Waals surface area contributed by atoms with Gasteiger partial charge in [-0.1, -0.05) is 60.7 Å². The summed E-state index contributed by atoms with van der Waals surface area (Å²) >= 11 is 0. The van der Waals surface area contributed by atoms with Crippen LogP contribution in [0.5, 0.6) is 0 Å². The molecule has 0 aromatic heterocycles. The maximum absolute atomic E-state index is 14.0. The Labute approximate surface area is 189 Å². The van der Waals surface area contributed by atoms with Gasteiger partial charge in [-0.05, 0) is 34.4 Å². The van der Waals surface area contributed by atoms with E-state index in [-0.39, 0.29) is 17.2 Å². The van der Waals surface area contributed by atoms with Crippen molar-refractivity contribution >= 4 is 29.8 Å². The van der Waals surface area contributed by atoms with E-state index in [1.165, 1.54) is 13.2 Å². The minimum absolute atomic E-state index is 0.128. The van der Waals surface area contributed by atoms with Crippen molar-refractivity contribution < 1.29 is 23.9 Å². The third kappa shape index (κ3) is 2.22. The van der Waals surface area contributed by atoms with Crippen molar-refractivity contribution in [2.24, 2.45) is 11.8 Å². The van der Waals surface area contributed by atoms with Gasteiger partial charge in [-0.2, -0.15) is 0 Å². The molecule has 6 heteroatoms. The molecule has 1 aliphatic heterocycles. The van der Waals surface area contributed by atoms with Crippen LogP contribution in [0.25, 0.3) is 0 Å². The number of hydrogen-bond acceptors (Lipinski definition) is 5. The Morgan fingerprint density at radius 1 is 0.879 bits per heavy atom. The Kier molecular flexibility index (Phi) is 3.99. The molecule has 2 amide bonds. The molecule has 7 rings (SSSR count). The molecule has 1 saturated heterocycles. The number of hydrogen-bond donors (Lipinski definition) is 0. The molecular weight excluding hydrogens is 418 g/mol. The van der Waals surface area contributed by atoms with E-state index in [4.69, 9.17) is 4.74 Å². The third-order valence-electron chi connectivity index (χ3n) is 7.42. The number of amides is 2. The van der Waals surface area contributed by atoms with Crippen LogP contribution in [-0.2, 0) is 24.5 Å². The van der Waals surface area contributed by atoms with E-state index in [9.17, 15) is 19.2 Å². The van der Waals surface area contributed by atoms with E-state index in [2.05, 4.69) is 0 Å². The van der Waals surface area contributed by atoms with Crippen LogP contribution in [0.1, 0.15) is 38.5 Å². The number of carbonyl (C=O) groups is 4. The van der Waals surface area contributed by atoms with Gasteiger partial charge in [0, 0.05) is 5.92 Å². The van der Waals surface area contributed by atoms with Gasteiger partial charge in [0.2, 0.25) is 11.8 Å². The van der Waals surface area contributed by atoms with Crippen LogP contribution in [0.15, 0.2) is 72.8 Å². The summed E-state index contributed by atoms with van der Waals surface area (Å²) in [5.74, 6) is -3.48. The van der Waals surface area contributed by atoms with Crippen molar-refractivity contribution in [3.63, 3.8) is 0 Å². The second kappa shape index (κ2) is 6.72. The predicted molar refractivity (Wildman–Crippen MR) is 119 cm³/mol. The highest BCUT2D eigenvalue weighted by Crippen LogP contribution is 2.63. The standard InChI is InChI=1S/C27H19NO5/c1-33-26(32)17-10-4-7-13-20(17)28-24(30)22-21-15-8-2-5-11-18(15)27(14-29,23(22)25(28)31)19-12-6-3-9-16(19)21/h2-14,21-23H,1H3. The number of para-hydroxylation sites is 1. The van der Waals surface area contributed by atoms with Gasteiger partial charge in [0.05, 0.1) is 35.6 Å². The lowest BCUT2D eigenvalue weighted by Crippen LogP contribution is -2.54. The molecule has 162 valence electrons. The Morgan fingerprint density at radius 2 is 1.45 bits per heavy atom. The Balaban J connectivity index is 1.62. The van der Waals surface area contributed by atoms with E-state index in [0.717, 1.165) is 33.4 Å². The molecule has 3 aliphatic carbocycles. The molecule has 4 aliphatic rings. The average molecular weight is 437 g/mol. The summed E-state index contributed by atoms with van der Waals surface area (Å²) in [4.78, 5) is 54.4. The number of aldehydes is 1. The lowest BCUT2D eigenvalue weighted by Gasteiger charge is -2.51. The highest BCUT2D eigenvalue weighted by Gasteiger charge is 2.68. The van der Waals surface area contributed by atoms with Crippen LogP contribution in [0.2, 0.25) is 0 Å². The fourth-order valence-electron chi connectivity index (χ4n) is 6.22. The van der Waals surface area contributed by atoms with Crippen molar-refractivity contribution in [2.75, 3.05) is 12.0 Å². The first-order chi connectivity index (χ1) is 16.1. The SMILES string of the molecule is COC(=O)c1ccccc1N1C(=O)C2C3c4ccccc4C(C=O)(c4ccccc43)C2C1=O. The van der Waals surface area contributed by atoms with Crippen molar-refractivity contribution in [3.8, 4) is 0 Å². The van der Waals surface area contributed by atoms with Gasteiger partial charge in [0.25, 0.3) is 0 Å². The largest absolute Gasteiger partial charge is 0.465 e. The molecule has 2 unspecified atom stereocenters. The van der Waals surface area contributed by atoms with E-state index in [0.29, 0.717) is 0 Å². The molecular formula is C27H19NO5. The molecule has 1 fully saturated rings. The molecule has 33 heavy (non-hydrogen) atoms. The summed E-state index contributed by atoms with van der Waals surface area (Å²) in [5, 5.41) is 0. The second-order valence-corrected chi connectivity index (χ2v) is 8.66. The fraction of sp³-hybridized carbons (Fsp3) is 0.185. The highest BCUT2D eigenvalue weighted by atomic mass is 16.5. The second-order valence-electron chi connectivity index (χ2n) is 8.66. The normalized spacial score (nSPS) is 26.5. The molecule has 2 bridgehead atoms. The van der Waals surface area contributed by atoms with Crippen molar-refractivity contribution in [1.82, 2.24) is 0 Å². The molecule has 0 spiro atoms. The zero-order valence-corrected chi connectivity index (χ0v) is 17.7. The topological polar surface area (TPSA) is 80.8 Å². The number of benzene rings is 3. The molecule has 6 nitrogen and oxygen atoms in total. The van der Waals surface area contributed by atoms with Crippen molar-refractivity contribution in [2.45, 2.75) is 11.3 Å². The maximum atomic E-state index is 14.0. The average Bonchev–Trinajstić information content (AvgIpc) is 3.14. The van der Waals surface area contributed by atoms with E-state index < -0.39 is 35.0 Å². The number of imide groups is 1. The minimum Gasteiger partial charge on any atom is -0.465 e. The van der Waals surface area contributed by atoms with E-state index in [1.54, 1.807) is 18.2 Å². The summed E-state index contributed by atoms with van der Waals surface area (Å²) in [6.45, 7) is 0. The summed E-state index contributed by atoms with van der Waals surface area (Å²) in [5.41, 5.74) is 2.38. The summed E-state index contributed by atoms with van der Waals surface area (Å²) in [7, 11) is 1.25. The number of methoxy groups -OCH3 is 1. The van der Waals surface area contributed by atoms with Crippen LogP contribution in [0.3, 0.4) is 0 Å². The van der Waals surface area contributed by atoms with Crippen molar-refractivity contribution in [3.05, 3.63) is 101 Å². The van der Waals surface area contributed by atoms with Gasteiger partial charge in [0.15, 0.2) is 0 Å². The summed E-state index contributed by atoms with van der Waals surface area (Å²) in [6.07, 6.45) is 0.832. The van der Waals surface area contributed by atoms with Gasteiger partial charge in [-0.15, -0.1) is 0 Å². The maximum Gasteiger partial charge on any atom is 0.339 e. The first kappa shape index (κ1) is 19.6. The third-order valence-corrected chi connectivity index (χ3v) is 7.42. The Morgan fingerprint density at radius 3 is 2.06 bits per heavy atom. The molecule has 0 N–H and O–H groups in total. The first-order valence-electron chi connectivity index (χ1n) is 10.8. The number of nitrogens with zero attached hydrogens (tertiary/aromatic N) is 1. The summed E-state index contributed by atoms with van der Waals surface area (Å²) < 4.78 is 4.88. The highest BCUT2D eigenvalue weighted by molar-refractivity contribution is 6.26. The number of ether oxygens (including phenoxy) is 1. The molecule has 3 aromatic rings. The molecule has 1 heterocycles. The van der Waals surface area contributed by atoms with Crippen LogP contribution in [-0.4, -0.2) is 31.2 Å². The van der Waals surface area contributed by atoms with Crippen LogP contribution < -0.4 is 4.90 Å². The van der Waals surface area contributed by atoms with Gasteiger partial charge in [-0.25, -0.2) is 9.69 Å². The number of carbonyl (C=O) groups excluding carboxylic acids is 4. The van der Waals surface area contributed by atoms with Gasteiger partial charge < -0.3 is 9.53 Å². The Bertz CT molecular complexity index is 1330. The monoisotopic (exact) mass is 437 g/mol. The lowest BCUT2D eigenvalue weighted by atomic mass is 9.48. The van der Waals surface area contributed by atoms with Crippen LogP contribution >= 0.6 is 0 Å². The minimum atomic E-state index is -1.27. The predicted octanol–water partition coefficient (Wildman–Crippen LogP) is 3.22. The number of anilines is 1. The van der Waals surface area contributed by atoms with Gasteiger partial charge in [-0.3, -0.25) is 9.59 Å². The Hall–Kier alpha value is -4.06. The van der Waals surface area contributed by atoms with Crippen LogP contribution in [0, 0.1) is 11.8 Å². The number of esters is 1. The lowest BCUT2D eigenvalue weighted by molar-refractivity contribution is -0.128. The molecule has 0 radical (unpaired) electrons. The molecule has 3 aromatic carbocycles. The van der Waals surface area contributed by atoms with E-state index in [1.807, 2.05) is 48.5 Å². The first-order valence-corrected chi connectivity index (χ1v) is 10.8. The number of rotatable bonds is 3. The van der Waals surface area contributed by atoms with Crippen LogP contribution in [0.4, 0.5) is 5.69 Å². The van der Waals surface area contributed by atoms with Gasteiger partial charge >= 0.3 is 5.97 Å². The zero-order chi connectivity index (χ0) is 22.9. The van der Waals surface area contributed by atoms with Gasteiger partial charge in [0.1, 0.15) is 6.29 Å². The summed E-state index contributed by atoms with van der Waals surface area (Å²) in [6, 6.07) is 21.5. The molecule has 0 saturated carbocycles. The fourth-order valence-corrected chi connectivity index (χ4v) is 6.22. The zero-order valence-electron chi connectivity index (χ0n) is 17.7. The molecule has 2 atom stereocenters. The van der Waals surface area contributed by atoms with E-state index >= 15 is 0 Å². The quantitative estimate of drug-likeness (QED) is 0.357.